The quantitative estimate of drug-likeness (QED) is 0.179. The van der Waals surface area contributed by atoms with Crippen LogP contribution in [0.25, 0.3) is 110 Å². The Kier molecular flexibility index (Phi) is 5.96. The van der Waals surface area contributed by atoms with Crippen molar-refractivity contribution in [2.24, 2.45) is 0 Å². The summed E-state index contributed by atoms with van der Waals surface area (Å²) in [6.45, 7) is 0. The highest BCUT2D eigenvalue weighted by Crippen LogP contribution is 2.42. The van der Waals surface area contributed by atoms with Crippen LogP contribution in [0, 0.1) is 0 Å². The van der Waals surface area contributed by atoms with Gasteiger partial charge in [0, 0.05) is 21.9 Å². The van der Waals surface area contributed by atoms with E-state index in [4.69, 9.17) is 14.4 Å². The first-order valence-electron chi connectivity index (χ1n) is 17.3. The molecule has 0 radical (unpaired) electrons. The van der Waals surface area contributed by atoms with E-state index < -0.39 is 0 Å². The van der Waals surface area contributed by atoms with Crippen molar-refractivity contribution in [1.82, 2.24) is 9.97 Å². The minimum atomic E-state index is 0.850. The number of fused-ring (bicyclic) bond motifs is 11. The van der Waals surface area contributed by atoms with Gasteiger partial charge >= 0.3 is 0 Å². The molecular weight excluding hydrogens is 621 g/mol. The largest absolute Gasteiger partial charge is 0.456 e. The van der Waals surface area contributed by atoms with Gasteiger partial charge in [-0.1, -0.05) is 127 Å². The number of furan rings is 1. The van der Waals surface area contributed by atoms with Crippen LogP contribution >= 0.6 is 0 Å². The summed E-state index contributed by atoms with van der Waals surface area (Å²) in [5.41, 5.74) is 9.50. The maximum Gasteiger partial charge on any atom is 0.135 e. The lowest BCUT2D eigenvalue weighted by atomic mass is 9.89. The Morgan fingerprint density at radius 2 is 1.00 bits per heavy atom. The van der Waals surface area contributed by atoms with E-state index in [1.807, 2.05) is 24.3 Å². The number of hydrogen-bond acceptors (Lipinski definition) is 3. The maximum absolute atomic E-state index is 6.15. The standard InChI is InChI=1S/C48H28N2O/c1-2-11-30(12-3-1)47-48(33-20-25-45-41(27-33)37-16-8-9-17-44(37)51-45)49-42-24-19-32(28-43(42)50-47)40-26-31-13-5-7-15-35(31)46-38-21-18-29-10-4-6-14-34(29)36(38)22-23-39(40)46/h1-28H. The van der Waals surface area contributed by atoms with Crippen molar-refractivity contribution >= 4 is 76.1 Å². The van der Waals surface area contributed by atoms with E-state index in [1.54, 1.807) is 0 Å². The van der Waals surface area contributed by atoms with E-state index in [0.717, 1.165) is 61.1 Å². The van der Waals surface area contributed by atoms with E-state index in [1.165, 1.54) is 48.7 Å². The summed E-state index contributed by atoms with van der Waals surface area (Å²) >= 11 is 0. The summed E-state index contributed by atoms with van der Waals surface area (Å²) in [6, 6.07) is 60.3. The Morgan fingerprint density at radius 3 is 1.90 bits per heavy atom. The zero-order chi connectivity index (χ0) is 33.5. The second-order valence-electron chi connectivity index (χ2n) is 13.3. The highest BCUT2D eigenvalue weighted by atomic mass is 16.3. The highest BCUT2D eigenvalue weighted by molar-refractivity contribution is 6.27. The molecule has 0 amide bonds. The van der Waals surface area contributed by atoms with Crippen LogP contribution in [-0.2, 0) is 0 Å². The molecule has 3 nitrogen and oxygen atoms in total. The number of para-hydroxylation sites is 1. The summed E-state index contributed by atoms with van der Waals surface area (Å²) in [5.74, 6) is 0. The zero-order valence-corrected chi connectivity index (χ0v) is 27.5. The van der Waals surface area contributed by atoms with Gasteiger partial charge in [-0.3, -0.25) is 0 Å². The molecule has 2 heterocycles. The molecule has 11 rings (SSSR count). The minimum Gasteiger partial charge on any atom is -0.456 e. The molecule has 0 aliphatic heterocycles. The van der Waals surface area contributed by atoms with Gasteiger partial charge < -0.3 is 4.42 Å². The van der Waals surface area contributed by atoms with Crippen LogP contribution in [-0.4, -0.2) is 9.97 Å². The summed E-state index contributed by atoms with van der Waals surface area (Å²) in [5, 5.41) is 12.2. The number of nitrogens with zero attached hydrogens (tertiary/aromatic N) is 2. The lowest BCUT2D eigenvalue weighted by Crippen LogP contribution is -1.96. The molecule has 0 fully saturated rings. The lowest BCUT2D eigenvalue weighted by molar-refractivity contribution is 0.669. The maximum atomic E-state index is 6.15. The first-order chi connectivity index (χ1) is 25.3. The van der Waals surface area contributed by atoms with Gasteiger partial charge in [0.1, 0.15) is 11.2 Å². The van der Waals surface area contributed by atoms with E-state index in [-0.39, 0.29) is 0 Å². The van der Waals surface area contributed by atoms with Crippen molar-refractivity contribution in [3.63, 3.8) is 0 Å². The SMILES string of the molecule is c1ccc(-c2nc3cc(-c4cc5ccccc5c5c4ccc4c6ccccc6ccc45)ccc3nc2-c2ccc3oc4ccccc4c3c2)cc1. The molecule has 2 aromatic heterocycles. The third-order valence-electron chi connectivity index (χ3n) is 10.4. The second kappa shape index (κ2) is 10.8. The van der Waals surface area contributed by atoms with Crippen molar-refractivity contribution in [1.29, 1.82) is 0 Å². The normalized spacial score (nSPS) is 11.9. The van der Waals surface area contributed by atoms with Crippen LogP contribution in [0.5, 0.6) is 0 Å². The molecule has 0 saturated carbocycles. The van der Waals surface area contributed by atoms with E-state index in [2.05, 4.69) is 146 Å². The Morgan fingerprint density at radius 1 is 0.333 bits per heavy atom. The van der Waals surface area contributed by atoms with E-state index >= 15 is 0 Å². The van der Waals surface area contributed by atoms with Crippen LogP contribution in [0.2, 0.25) is 0 Å². The Bertz CT molecular complexity index is 3190. The third kappa shape index (κ3) is 4.32. The minimum absolute atomic E-state index is 0.850. The van der Waals surface area contributed by atoms with E-state index in [0.29, 0.717) is 0 Å². The number of hydrogen-bond donors (Lipinski definition) is 0. The van der Waals surface area contributed by atoms with Crippen molar-refractivity contribution in [3.05, 3.63) is 170 Å². The summed E-state index contributed by atoms with van der Waals surface area (Å²) in [4.78, 5) is 10.7. The Balaban J connectivity index is 1.15. The van der Waals surface area contributed by atoms with Gasteiger partial charge in [0.15, 0.2) is 0 Å². The molecule has 0 atom stereocenters. The molecule has 51 heavy (non-hydrogen) atoms. The van der Waals surface area contributed by atoms with Gasteiger partial charge in [0.05, 0.1) is 22.4 Å². The van der Waals surface area contributed by atoms with Crippen LogP contribution in [0.1, 0.15) is 0 Å². The topological polar surface area (TPSA) is 38.9 Å². The molecule has 0 spiro atoms. The van der Waals surface area contributed by atoms with Crippen LogP contribution < -0.4 is 0 Å². The predicted octanol–water partition coefficient (Wildman–Crippen LogP) is 13.1. The van der Waals surface area contributed by atoms with Gasteiger partial charge in [-0.25, -0.2) is 9.97 Å². The molecule has 0 aliphatic rings. The second-order valence-corrected chi connectivity index (χ2v) is 13.3. The average molecular weight is 649 g/mol. The first-order valence-corrected chi connectivity index (χ1v) is 17.3. The number of rotatable bonds is 3. The Labute approximate surface area is 293 Å². The molecular formula is C48H28N2O. The van der Waals surface area contributed by atoms with Crippen molar-refractivity contribution in [2.75, 3.05) is 0 Å². The van der Waals surface area contributed by atoms with Gasteiger partial charge in [0.2, 0.25) is 0 Å². The molecule has 0 unspecified atom stereocenters. The molecule has 236 valence electrons. The summed E-state index contributed by atoms with van der Waals surface area (Å²) < 4.78 is 6.15. The fourth-order valence-corrected chi connectivity index (χ4v) is 8.02. The fourth-order valence-electron chi connectivity index (χ4n) is 8.02. The number of benzene rings is 9. The van der Waals surface area contributed by atoms with Crippen LogP contribution in [0.4, 0.5) is 0 Å². The van der Waals surface area contributed by atoms with Crippen LogP contribution in [0.15, 0.2) is 174 Å². The van der Waals surface area contributed by atoms with Gasteiger partial charge in [0.25, 0.3) is 0 Å². The molecule has 0 saturated heterocycles. The monoisotopic (exact) mass is 648 g/mol. The first kappa shape index (κ1) is 28.0. The molecule has 0 aliphatic carbocycles. The van der Waals surface area contributed by atoms with Gasteiger partial charge in [-0.05, 0) is 96.7 Å². The summed E-state index contributed by atoms with van der Waals surface area (Å²) in [7, 11) is 0. The lowest BCUT2D eigenvalue weighted by Gasteiger charge is -2.15. The third-order valence-corrected chi connectivity index (χ3v) is 10.4. The highest BCUT2D eigenvalue weighted by Gasteiger charge is 2.18. The Hall–Kier alpha value is -6.84. The molecule has 0 bridgehead atoms. The molecule has 3 heteroatoms. The predicted molar refractivity (Wildman–Crippen MR) is 213 cm³/mol. The van der Waals surface area contributed by atoms with Crippen molar-refractivity contribution < 1.29 is 4.42 Å². The smallest absolute Gasteiger partial charge is 0.135 e. The van der Waals surface area contributed by atoms with Crippen LogP contribution in [0.3, 0.4) is 0 Å². The zero-order valence-electron chi connectivity index (χ0n) is 27.5. The van der Waals surface area contributed by atoms with Gasteiger partial charge in [-0.15, -0.1) is 0 Å². The molecule has 11 aromatic rings. The molecule has 9 aromatic carbocycles. The van der Waals surface area contributed by atoms with E-state index in [9.17, 15) is 0 Å². The number of aromatic nitrogens is 2. The fraction of sp³-hybridized carbons (Fsp3) is 0. The molecule has 0 N–H and O–H groups in total. The summed E-state index contributed by atoms with van der Waals surface area (Å²) in [6.07, 6.45) is 0. The van der Waals surface area contributed by atoms with Crippen molar-refractivity contribution in [2.45, 2.75) is 0 Å². The van der Waals surface area contributed by atoms with Crippen molar-refractivity contribution in [3.8, 4) is 33.6 Å². The van der Waals surface area contributed by atoms with Gasteiger partial charge in [-0.2, -0.15) is 0 Å². The average Bonchev–Trinajstić information content (AvgIpc) is 3.58.